The SMILES string of the molecule is CC(C)(C)[C@@H]1CC(=O)[C@@]2(C)[C@H]3[C@H]4C=C[C@H](n5c(=O)n(-c6ccccc6)c(=O)n54)[C@]132. The molecule has 3 aliphatic carbocycles. The van der Waals surface area contributed by atoms with Crippen LogP contribution in [0.1, 0.15) is 46.2 Å². The Morgan fingerprint density at radius 1 is 0.966 bits per heavy atom. The average Bonchev–Trinajstić information content (AvgIpc) is 3.07. The van der Waals surface area contributed by atoms with Gasteiger partial charge in [0.2, 0.25) is 0 Å². The second kappa shape index (κ2) is 4.74. The van der Waals surface area contributed by atoms with Crippen LogP contribution < -0.4 is 11.4 Å². The van der Waals surface area contributed by atoms with Crippen molar-refractivity contribution in [2.24, 2.45) is 28.1 Å². The standard InChI is InChI=1S/C23H25N3O3/c1-21(2,3)15-12-17(27)22(4)18-14-10-11-16(23(15,18)22)26-20(29)24(19(28)25(14)26)13-8-6-5-7-9-13/h5-11,14-16,18H,12H2,1-4H3/t14-,15+,16+,18-,22+,23-/m1/s1. The zero-order valence-electron chi connectivity index (χ0n) is 17.1. The Hall–Kier alpha value is -2.63. The number of hydrogen-bond acceptors (Lipinski definition) is 3. The highest BCUT2D eigenvalue weighted by Crippen LogP contribution is 2.88. The summed E-state index contributed by atoms with van der Waals surface area (Å²) in [6.07, 6.45) is 4.69. The molecule has 2 aromatic rings. The maximum atomic E-state index is 13.5. The minimum atomic E-state index is -0.466. The number of nitrogens with zero attached hydrogens (tertiary/aromatic N) is 3. The first kappa shape index (κ1) is 17.2. The van der Waals surface area contributed by atoms with Gasteiger partial charge >= 0.3 is 11.4 Å². The van der Waals surface area contributed by atoms with Gasteiger partial charge < -0.3 is 0 Å². The molecule has 7 rings (SSSR count). The molecule has 0 radical (unpaired) electrons. The van der Waals surface area contributed by atoms with E-state index in [-0.39, 0.29) is 46.1 Å². The monoisotopic (exact) mass is 391 g/mol. The fourth-order valence-electron chi connectivity index (χ4n) is 7.40. The smallest absolute Gasteiger partial charge is 0.299 e. The third kappa shape index (κ3) is 1.59. The van der Waals surface area contributed by atoms with Crippen LogP contribution in [0.2, 0.25) is 0 Å². The van der Waals surface area contributed by atoms with E-state index in [4.69, 9.17) is 0 Å². The van der Waals surface area contributed by atoms with Gasteiger partial charge in [0.25, 0.3) is 0 Å². The quantitative estimate of drug-likeness (QED) is 0.702. The molecule has 2 saturated carbocycles. The van der Waals surface area contributed by atoms with Gasteiger partial charge in [-0.05, 0) is 23.5 Å². The summed E-state index contributed by atoms with van der Waals surface area (Å²) in [7, 11) is 0. The normalized spacial score (nSPS) is 38.7. The Kier molecular flexibility index (Phi) is 2.82. The lowest BCUT2D eigenvalue weighted by Gasteiger charge is -2.46. The number of para-hydroxylation sites is 1. The van der Waals surface area contributed by atoms with Crippen LogP contribution in [-0.4, -0.2) is 19.7 Å². The van der Waals surface area contributed by atoms with Gasteiger partial charge in [0.15, 0.2) is 0 Å². The summed E-state index contributed by atoms with van der Waals surface area (Å²) in [6, 6.07) is 8.58. The van der Waals surface area contributed by atoms with Crippen LogP contribution in [0.5, 0.6) is 0 Å². The van der Waals surface area contributed by atoms with E-state index in [1.165, 1.54) is 4.57 Å². The van der Waals surface area contributed by atoms with Crippen molar-refractivity contribution in [2.75, 3.05) is 0 Å². The Bertz CT molecular complexity index is 1220. The number of Topliss-reactive ketones (excluding diaryl/α,β-unsaturated/α-hetero) is 1. The minimum Gasteiger partial charge on any atom is -0.299 e. The first-order valence-corrected chi connectivity index (χ1v) is 10.4. The Labute approximate surface area is 168 Å². The summed E-state index contributed by atoms with van der Waals surface area (Å²) in [5.74, 6) is 0.563. The van der Waals surface area contributed by atoms with Crippen molar-refractivity contribution >= 4 is 5.78 Å². The number of carbonyl (C=O) groups is 1. The zero-order valence-corrected chi connectivity index (χ0v) is 17.1. The molecule has 0 N–H and O–H groups in total. The second-order valence-electron chi connectivity index (χ2n) is 10.4. The van der Waals surface area contributed by atoms with Crippen molar-refractivity contribution in [1.29, 1.82) is 0 Å². The molecule has 1 spiro atoms. The molecular weight excluding hydrogens is 366 g/mol. The molecule has 2 bridgehead atoms. The van der Waals surface area contributed by atoms with Gasteiger partial charge in [-0.2, -0.15) is 0 Å². The van der Waals surface area contributed by atoms with E-state index in [9.17, 15) is 14.4 Å². The maximum Gasteiger partial charge on any atom is 0.352 e. The minimum absolute atomic E-state index is 0.0514. The summed E-state index contributed by atoms with van der Waals surface area (Å²) >= 11 is 0. The number of hydrogen-bond donors (Lipinski definition) is 0. The summed E-state index contributed by atoms with van der Waals surface area (Å²) < 4.78 is 4.54. The molecule has 6 nitrogen and oxygen atoms in total. The number of benzene rings is 1. The van der Waals surface area contributed by atoms with Gasteiger partial charge in [-0.15, -0.1) is 0 Å². The van der Waals surface area contributed by atoms with E-state index >= 15 is 0 Å². The number of rotatable bonds is 1. The average molecular weight is 391 g/mol. The van der Waals surface area contributed by atoms with E-state index in [0.717, 1.165) is 0 Å². The highest BCUT2D eigenvalue weighted by Gasteiger charge is 2.90. The van der Waals surface area contributed by atoms with Crippen molar-refractivity contribution in [1.82, 2.24) is 13.9 Å². The molecule has 5 aliphatic rings. The van der Waals surface area contributed by atoms with Gasteiger partial charge in [-0.3, -0.25) is 4.79 Å². The topological polar surface area (TPSA) is 66.0 Å². The lowest BCUT2D eigenvalue weighted by atomic mass is 9.65. The predicted molar refractivity (Wildman–Crippen MR) is 108 cm³/mol. The van der Waals surface area contributed by atoms with Gasteiger partial charge in [-0.25, -0.2) is 23.5 Å². The van der Waals surface area contributed by atoms with Crippen LogP contribution >= 0.6 is 0 Å². The summed E-state index contributed by atoms with van der Waals surface area (Å²) in [5, 5.41) is 0. The molecule has 6 atom stereocenters. The first-order chi connectivity index (χ1) is 13.7. The van der Waals surface area contributed by atoms with Gasteiger partial charge in [0.1, 0.15) is 5.78 Å². The van der Waals surface area contributed by atoms with Crippen LogP contribution in [0.4, 0.5) is 0 Å². The van der Waals surface area contributed by atoms with Crippen molar-refractivity contribution in [3.63, 3.8) is 0 Å². The van der Waals surface area contributed by atoms with Gasteiger partial charge in [-0.1, -0.05) is 58.0 Å². The fourth-order valence-corrected chi connectivity index (χ4v) is 7.40. The van der Waals surface area contributed by atoms with E-state index in [2.05, 4.69) is 33.8 Å². The molecule has 1 aromatic carbocycles. The van der Waals surface area contributed by atoms with Crippen molar-refractivity contribution in [3.8, 4) is 5.69 Å². The summed E-state index contributed by atoms with van der Waals surface area (Å²) in [5.41, 5.74) is -0.837. The first-order valence-electron chi connectivity index (χ1n) is 10.4. The Morgan fingerprint density at radius 3 is 2.28 bits per heavy atom. The molecule has 150 valence electrons. The summed E-state index contributed by atoms with van der Waals surface area (Å²) in [4.78, 5) is 40.1. The third-order valence-electron chi connectivity index (χ3n) is 8.43. The van der Waals surface area contributed by atoms with E-state index < -0.39 is 5.41 Å². The molecule has 6 heteroatoms. The van der Waals surface area contributed by atoms with Crippen molar-refractivity contribution in [3.05, 3.63) is 63.5 Å². The van der Waals surface area contributed by atoms with Crippen LogP contribution in [0.25, 0.3) is 5.69 Å². The Balaban J connectivity index is 1.63. The lowest BCUT2D eigenvalue weighted by Crippen LogP contribution is -2.49. The van der Waals surface area contributed by atoms with E-state index in [0.29, 0.717) is 17.9 Å². The van der Waals surface area contributed by atoms with E-state index in [1.807, 2.05) is 24.3 Å². The summed E-state index contributed by atoms with van der Waals surface area (Å²) in [6.45, 7) is 8.65. The second-order valence-corrected chi connectivity index (χ2v) is 10.4. The molecule has 0 unspecified atom stereocenters. The largest absolute Gasteiger partial charge is 0.352 e. The van der Waals surface area contributed by atoms with Crippen LogP contribution in [0.3, 0.4) is 0 Å². The van der Waals surface area contributed by atoms with Crippen molar-refractivity contribution in [2.45, 2.75) is 46.2 Å². The number of aromatic nitrogens is 3. The molecule has 2 fully saturated rings. The van der Waals surface area contributed by atoms with Gasteiger partial charge in [0.05, 0.1) is 17.8 Å². The molecule has 2 aliphatic heterocycles. The predicted octanol–water partition coefficient (Wildman–Crippen LogP) is 2.72. The maximum absolute atomic E-state index is 13.5. The lowest BCUT2D eigenvalue weighted by molar-refractivity contribution is -0.123. The Morgan fingerprint density at radius 2 is 1.62 bits per heavy atom. The molecule has 0 saturated heterocycles. The number of allylic oxidation sites excluding steroid dienone is 2. The highest BCUT2D eigenvalue weighted by atomic mass is 16.2. The number of carbonyl (C=O) groups excluding carboxylic acids is 1. The van der Waals surface area contributed by atoms with Gasteiger partial charge in [0, 0.05) is 23.2 Å². The molecule has 3 heterocycles. The molecular formula is C23H25N3O3. The number of ketones is 1. The van der Waals surface area contributed by atoms with Crippen molar-refractivity contribution < 1.29 is 4.79 Å². The highest BCUT2D eigenvalue weighted by molar-refractivity contribution is 5.94. The third-order valence-corrected chi connectivity index (χ3v) is 8.43. The van der Waals surface area contributed by atoms with E-state index in [1.54, 1.807) is 21.5 Å². The molecule has 0 amide bonds. The van der Waals surface area contributed by atoms with Crippen LogP contribution in [-0.2, 0) is 4.79 Å². The van der Waals surface area contributed by atoms with Crippen LogP contribution in [0, 0.1) is 28.1 Å². The molecule has 29 heavy (non-hydrogen) atoms. The van der Waals surface area contributed by atoms with Crippen LogP contribution in [0.15, 0.2) is 52.1 Å². The molecule has 1 aromatic heterocycles. The fraction of sp³-hybridized carbons (Fsp3) is 0.522. The zero-order chi connectivity index (χ0) is 20.5.